The number of rotatable bonds is 6. The third-order valence-electron chi connectivity index (χ3n) is 3.60. The fraction of sp³-hybridized carbons (Fsp3) is 0.533. The molecule has 6 nitrogen and oxygen atoms in total. The van der Waals surface area contributed by atoms with Gasteiger partial charge >= 0.3 is 0 Å². The van der Waals surface area contributed by atoms with E-state index in [1.165, 1.54) is 0 Å². The molecule has 3 rings (SSSR count). The van der Waals surface area contributed by atoms with Gasteiger partial charge in [-0.05, 0) is 19.4 Å². The molecule has 0 unspecified atom stereocenters. The van der Waals surface area contributed by atoms with Crippen LogP contribution in [0.5, 0.6) is 11.5 Å². The number of imidazole rings is 1. The Balaban J connectivity index is 2.01. The number of unbranched alkanes of at least 4 members (excludes halogenated alkanes) is 1. The average Bonchev–Trinajstić information content (AvgIpc) is 2.83. The maximum Gasteiger partial charge on any atom is 0.163 e. The Bertz CT molecular complexity index is 624. The number of aromatic nitrogens is 2. The van der Waals surface area contributed by atoms with Gasteiger partial charge in [-0.25, -0.2) is 4.98 Å². The summed E-state index contributed by atoms with van der Waals surface area (Å²) in [6, 6.07) is 3.96. The maximum absolute atomic E-state index is 5.66. The average molecular weight is 291 g/mol. The van der Waals surface area contributed by atoms with E-state index >= 15 is 0 Å². The highest BCUT2D eigenvalue weighted by Gasteiger charge is 2.17. The molecule has 2 heterocycles. The van der Waals surface area contributed by atoms with E-state index in [2.05, 4.69) is 9.55 Å². The SMILES string of the molecule is COCc1nc2cc3c(cc2n1CCCCN)OCCO3. The van der Waals surface area contributed by atoms with Gasteiger partial charge in [0.1, 0.15) is 25.6 Å². The van der Waals surface area contributed by atoms with Crippen LogP contribution in [0.2, 0.25) is 0 Å². The minimum absolute atomic E-state index is 0.490. The minimum atomic E-state index is 0.490. The van der Waals surface area contributed by atoms with E-state index in [0.29, 0.717) is 26.4 Å². The topological polar surface area (TPSA) is 71.5 Å². The molecule has 0 fully saturated rings. The lowest BCUT2D eigenvalue weighted by atomic mass is 10.2. The molecule has 114 valence electrons. The largest absolute Gasteiger partial charge is 0.486 e. The first-order valence-electron chi connectivity index (χ1n) is 7.31. The quantitative estimate of drug-likeness (QED) is 0.820. The van der Waals surface area contributed by atoms with Crippen LogP contribution in [-0.4, -0.2) is 36.4 Å². The number of ether oxygens (including phenoxy) is 3. The lowest BCUT2D eigenvalue weighted by Gasteiger charge is -2.18. The number of nitrogens with two attached hydrogens (primary N) is 1. The second kappa shape index (κ2) is 6.32. The molecule has 1 aliphatic heterocycles. The number of nitrogens with zero attached hydrogens (tertiary/aromatic N) is 2. The van der Waals surface area contributed by atoms with Crippen molar-refractivity contribution in [2.75, 3.05) is 26.9 Å². The maximum atomic E-state index is 5.66. The molecule has 2 N–H and O–H groups in total. The van der Waals surface area contributed by atoms with E-state index in [1.54, 1.807) is 7.11 Å². The Hall–Kier alpha value is -1.79. The molecule has 0 spiro atoms. The monoisotopic (exact) mass is 291 g/mol. The fourth-order valence-corrected chi connectivity index (χ4v) is 2.61. The standard InChI is InChI=1S/C15H21N3O3/c1-19-10-15-17-11-8-13-14(21-7-6-20-13)9-12(11)18(15)5-3-2-4-16/h8-9H,2-7,10,16H2,1H3. The van der Waals surface area contributed by atoms with Crippen molar-refractivity contribution < 1.29 is 14.2 Å². The van der Waals surface area contributed by atoms with Crippen LogP contribution in [0.4, 0.5) is 0 Å². The first kappa shape index (κ1) is 14.2. The Kier molecular flexibility index (Phi) is 4.26. The number of aryl methyl sites for hydroxylation is 1. The first-order chi connectivity index (χ1) is 10.3. The van der Waals surface area contributed by atoms with Crippen LogP contribution in [-0.2, 0) is 17.9 Å². The summed E-state index contributed by atoms with van der Waals surface area (Å²) in [4.78, 5) is 4.66. The molecule has 1 aromatic carbocycles. The van der Waals surface area contributed by atoms with Gasteiger partial charge in [0.2, 0.25) is 0 Å². The molecule has 0 saturated heterocycles. The van der Waals surface area contributed by atoms with Crippen LogP contribution in [0.25, 0.3) is 11.0 Å². The number of hydrogen-bond acceptors (Lipinski definition) is 5. The highest BCUT2D eigenvalue weighted by atomic mass is 16.6. The van der Waals surface area contributed by atoms with Crippen molar-refractivity contribution in [1.29, 1.82) is 0 Å². The molecule has 2 aromatic rings. The van der Waals surface area contributed by atoms with E-state index in [-0.39, 0.29) is 0 Å². The van der Waals surface area contributed by atoms with E-state index in [4.69, 9.17) is 19.9 Å². The van der Waals surface area contributed by atoms with Crippen LogP contribution in [0.1, 0.15) is 18.7 Å². The predicted molar refractivity (Wildman–Crippen MR) is 79.7 cm³/mol. The summed E-state index contributed by atoms with van der Waals surface area (Å²) in [6.45, 7) is 3.25. The fourth-order valence-electron chi connectivity index (χ4n) is 2.61. The molecule has 1 aromatic heterocycles. The van der Waals surface area contributed by atoms with Gasteiger partial charge in [-0.2, -0.15) is 0 Å². The van der Waals surface area contributed by atoms with Gasteiger partial charge in [-0.1, -0.05) is 0 Å². The van der Waals surface area contributed by atoms with Crippen LogP contribution in [0.15, 0.2) is 12.1 Å². The summed E-state index contributed by atoms with van der Waals surface area (Å²) in [5.41, 5.74) is 7.56. The molecule has 0 bridgehead atoms. The molecule has 6 heteroatoms. The molecule has 0 radical (unpaired) electrons. The normalized spacial score (nSPS) is 13.8. The zero-order chi connectivity index (χ0) is 14.7. The molecule has 1 aliphatic rings. The van der Waals surface area contributed by atoms with E-state index in [0.717, 1.165) is 47.7 Å². The lowest BCUT2D eigenvalue weighted by molar-refractivity contribution is 0.172. The van der Waals surface area contributed by atoms with Crippen molar-refractivity contribution in [2.24, 2.45) is 5.73 Å². The number of hydrogen-bond donors (Lipinski definition) is 1. The van der Waals surface area contributed by atoms with Crippen LogP contribution < -0.4 is 15.2 Å². The van der Waals surface area contributed by atoms with Crippen molar-refractivity contribution in [1.82, 2.24) is 9.55 Å². The Morgan fingerprint density at radius 3 is 2.71 bits per heavy atom. The third-order valence-corrected chi connectivity index (χ3v) is 3.60. The molecule has 21 heavy (non-hydrogen) atoms. The summed E-state index contributed by atoms with van der Waals surface area (Å²) < 4.78 is 18.7. The molecular weight excluding hydrogens is 270 g/mol. The number of benzene rings is 1. The first-order valence-corrected chi connectivity index (χ1v) is 7.31. The van der Waals surface area contributed by atoms with E-state index in [9.17, 15) is 0 Å². The van der Waals surface area contributed by atoms with Crippen LogP contribution in [0, 0.1) is 0 Å². The lowest BCUT2D eigenvalue weighted by Crippen LogP contribution is -2.15. The van der Waals surface area contributed by atoms with Gasteiger partial charge in [0, 0.05) is 25.8 Å². The highest BCUT2D eigenvalue weighted by molar-refractivity contribution is 5.80. The summed E-state index contributed by atoms with van der Waals surface area (Å²) in [7, 11) is 1.68. The Morgan fingerprint density at radius 2 is 2.00 bits per heavy atom. The van der Waals surface area contributed by atoms with Gasteiger partial charge < -0.3 is 24.5 Å². The van der Waals surface area contributed by atoms with Gasteiger partial charge in [0.25, 0.3) is 0 Å². The zero-order valence-corrected chi connectivity index (χ0v) is 12.3. The zero-order valence-electron chi connectivity index (χ0n) is 12.3. The minimum Gasteiger partial charge on any atom is -0.486 e. The van der Waals surface area contributed by atoms with E-state index < -0.39 is 0 Å². The van der Waals surface area contributed by atoms with Crippen LogP contribution >= 0.6 is 0 Å². The van der Waals surface area contributed by atoms with Gasteiger partial charge in [-0.3, -0.25) is 0 Å². The van der Waals surface area contributed by atoms with Crippen molar-refractivity contribution in [3.63, 3.8) is 0 Å². The highest BCUT2D eigenvalue weighted by Crippen LogP contribution is 2.35. The second-order valence-corrected chi connectivity index (χ2v) is 5.09. The van der Waals surface area contributed by atoms with Crippen molar-refractivity contribution in [3.05, 3.63) is 18.0 Å². The third kappa shape index (κ3) is 2.82. The Morgan fingerprint density at radius 1 is 1.24 bits per heavy atom. The summed E-state index contributed by atoms with van der Waals surface area (Å²) in [5.74, 6) is 2.48. The molecule has 0 aliphatic carbocycles. The summed E-state index contributed by atoms with van der Waals surface area (Å²) in [6.07, 6.45) is 2.02. The summed E-state index contributed by atoms with van der Waals surface area (Å²) >= 11 is 0. The predicted octanol–water partition coefficient (Wildman–Crippen LogP) is 1.69. The van der Waals surface area contributed by atoms with Crippen molar-refractivity contribution in [3.8, 4) is 11.5 Å². The van der Waals surface area contributed by atoms with Crippen molar-refractivity contribution >= 4 is 11.0 Å². The molecule has 0 saturated carbocycles. The Labute approximate surface area is 123 Å². The van der Waals surface area contributed by atoms with E-state index in [1.807, 2.05) is 12.1 Å². The van der Waals surface area contributed by atoms with Gasteiger partial charge in [0.15, 0.2) is 11.5 Å². The molecule has 0 amide bonds. The van der Waals surface area contributed by atoms with Crippen LogP contribution in [0.3, 0.4) is 0 Å². The summed E-state index contributed by atoms with van der Waals surface area (Å²) in [5, 5.41) is 0. The van der Waals surface area contributed by atoms with Gasteiger partial charge in [0.05, 0.1) is 11.0 Å². The van der Waals surface area contributed by atoms with Gasteiger partial charge in [-0.15, -0.1) is 0 Å². The smallest absolute Gasteiger partial charge is 0.163 e. The molecular formula is C15H21N3O3. The number of methoxy groups -OCH3 is 1. The number of fused-ring (bicyclic) bond motifs is 2. The second-order valence-electron chi connectivity index (χ2n) is 5.09. The van der Waals surface area contributed by atoms with Crippen molar-refractivity contribution in [2.45, 2.75) is 26.0 Å². The molecule has 0 atom stereocenters.